The number of thiazole rings is 1. The highest BCUT2D eigenvalue weighted by Gasteiger charge is 2.09. The summed E-state index contributed by atoms with van der Waals surface area (Å²) in [6.07, 6.45) is 1.85. The lowest BCUT2D eigenvalue weighted by Gasteiger charge is -2.00. The van der Waals surface area contributed by atoms with Crippen LogP contribution in [0.5, 0.6) is 0 Å². The van der Waals surface area contributed by atoms with Gasteiger partial charge in [0, 0.05) is 10.9 Å². The van der Waals surface area contributed by atoms with Crippen molar-refractivity contribution in [2.24, 2.45) is 0 Å². The number of hydrogen-bond acceptors (Lipinski definition) is 3. The third kappa shape index (κ3) is 3.36. The molecule has 0 N–H and O–H groups in total. The van der Waals surface area contributed by atoms with Gasteiger partial charge in [-0.25, -0.2) is 9.37 Å². The zero-order valence-electron chi connectivity index (χ0n) is 12.5. The maximum absolute atomic E-state index is 13.0. The Morgan fingerprint density at radius 1 is 1.17 bits per heavy atom. The molecule has 0 spiro atoms. The van der Waals surface area contributed by atoms with Crippen molar-refractivity contribution in [3.05, 3.63) is 75.9 Å². The van der Waals surface area contributed by atoms with E-state index in [0.29, 0.717) is 10.6 Å². The van der Waals surface area contributed by atoms with Gasteiger partial charge in [-0.1, -0.05) is 24.3 Å². The molecule has 0 saturated carbocycles. The van der Waals surface area contributed by atoms with Gasteiger partial charge in [0.2, 0.25) is 0 Å². The first-order chi connectivity index (χ1) is 11.2. The molecule has 3 rings (SSSR count). The second-order valence-corrected chi connectivity index (χ2v) is 5.93. The van der Waals surface area contributed by atoms with Crippen molar-refractivity contribution in [2.75, 3.05) is 0 Å². The Labute approximate surface area is 138 Å². The van der Waals surface area contributed by atoms with Gasteiger partial charge in [0.25, 0.3) is 0 Å². The Hall–Kier alpha value is -2.77. The molecule has 0 amide bonds. The van der Waals surface area contributed by atoms with Gasteiger partial charge in [-0.2, -0.15) is 5.26 Å². The minimum absolute atomic E-state index is 0.277. The average Bonchev–Trinajstić information content (AvgIpc) is 3.04. The summed E-state index contributed by atoms with van der Waals surface area (Å²) < 4.78 is 13.0. The number of rotatable bonds is 3. The van der Waals surface area contributed by atoms with E-state index >= 15 is 0 Å². The molecule has 1 aromatic heterocycles. The summed E-state index contributed by atoms with van der Waals surface area (Å²) in [5.74, 6) is -0.277. The van der Waals surface area contributed by atoms with Crippen LogP contribution in [0.3, 0.4) is 0 Å². The molecule has 0 bridgehead atoms. The van der Waals surface area contributed by atoms with E-state index in [9.17, 15) is 9.65 Å². The van der Waals surface area contributed by atoms with Crippen LogP contribution in [0.4, 0.5) is 4.39 Å². The molecule has 2 nitrogen and oxygen atoms in total. The average molecular weight is 320 g/mol. The van der Waals surface area contributed by atoms with Crippen molar-refractivity contribution >= 4 is 23.0 Å². The largest absolute Gasteiger partial charge is 0.235 e. The Morgan fingerprint density at radius 3 is 2.61 bits per heavy atom. The molecule has 4 heteroatoms. The lowest BCUT2D eigenvalue weighted by Crippen LogP contribution is -1.85. The van der Waals surface area contributed by atoms with Gasteiger partial charge in [0.1, 0.15) is 16.9 Å². The maximum atomic E-state index is 13.0. The first-order valence-electron chi connectivity index (χ1n) is 7.06. The van der Waals surface area contributed by atoms with E-state index in [-0.39, 0.29) is 5.82 Å². The maximum Gasteiger partial charge on any atom is 0.134 e. The van der Waals surface area contributed by atoms with Crippen LogP contribution in [-0.2, 0) is 0 Å². The number of nitrogens with zero attached hydrogens (tertiary/aromatic N) is 2. The molecule has 112 valence electrons. The fourth-order valence-corrected chi connectivity index (χ4v) is 2.99. The molecule has 0 saturated heterocycles. The highest BCUT2D eigenvalue weighted by molar-refractivity contribution is 7.11. The molecule has 0 atom stereocenters. The minimum atomic E-state index is -0.277. The summed E-state index contributed by atoms with van der Waals surface area (Å²) in [7, 11) is 0. The van der Waals surface area contributed by atoms with E-state index in [4.69, 9.17) is 0 Å². The minimum Gasteiger partial charge on any atom is -0.235 e. The molecular weight excluding hydrogens is 307 g/mol. The van der Waals surface area contributed by atoms with Crippen LogP contribution in [-0.4, -0.2) is 4.98 Å². The number of aryl methyl sites for hydroxylation is 1. The standard InChI is InChI=1S/C19H13FN2S/c1-13-4-2-3-5-15(13)10-16(11-21)19-22-18(12-23-19)14-6-8-17(20)9-7-14/h2-10,12H,1H3. The number of aromatic nitrogens is 1. The SMILES string of the molecule is Cc1ccccc1C=C(C#N)c1nc(-c2ccc(F)cc2)cs1. The summed E-state index contributed by atoms with van der Waals surface area (Å²) in [6.45, 7) is 2.01. The van der Waals surface area contributed by atoms with Crippen molar-refractivity contribution in [3.63, 3.8) is 0 Å². The van der Waals surface area contributed by atoms with E-state index in [1.165, 1.54) is 23.5 Å². The fourth-order valence-electron chi connectivity index (χ4n) is 2.20. The van der Waals surface area contributed by atoms with Crippen LogP contribution in [0.15, 0.2) is 53.9 Å². The van der Waals surface area contributed by atoms with E-state index < -0.39 is 0 Å². The van der Waals surface area contributed by atoms with Crippen molar-refractivity contribution in [1.29, 1.82) is 5.26 Å². The van der Waals surface area contributed by atoms with Crippen molar-refractivity contribution in [1.82, 2.24) is 4.98 Å². The van der Waals surface area contributed by atoms with Crippen LogP contribution in [0.1, 0.15) is 16.1 Å². The number of nitriles is 1. The summed E-state index contributed by atoms with van der Waals surface area (Å²) in [5.41, 5.74) is 4.22. The summed E-state index contributed by atoms with van der Waals surface area (Å²) in [5, 5.41) is 12.0. The van der Waals surface area contributed by atoms with E-state index in [1.807, 2.05) is 42.6 Å². The zero-order valence-corrected chi connectivity index (χ0v) is 13.3. The Morgan fingerprint density at radius 2 is 1.91 bits per heavy atom. The molecular formula is C19H13FN2S. The van der Waals surface area contributed by atoms with Crippen LogP contribution in [0.2, 0.25) is 0 Å². The van der Waals surface area contributed by atoms with Gasteiger partial charge in [-0.3, -0.25) is 0 Å². The third-order valence-electron chi connectivity index (χ3n) is 3.48. The molecule has 0 unspecified atom stereocenters. The quantitative estimate of drug-likeness (QED) is 0.612. The van der Waals surface area contributed by atoms with E-state index in [1.54, 1.807) is 12.1 Å². The number of allylic oxidation sites excluding steroid dienone is 1. The summed E-state index contributed by atoms with van der Waals surface area (Å²) >= 11 is 1.41. The highest BCUT2D eigenvalue weighted by atomic mass is 32.1. The van der Waals surface area contributed by atoms with E-state index in [0.717, 1.165) is 22.4 Å². The van der Waals surface area contributed by atoms with Crippen LogP contribution >= 0.6 is 11.3 Å². The predicted molar refractivity (Wildman–Crippen MR) is 92.2 cm³/mol. The number of hydrogen-bond donors (Lipinski definition) is 0. The molecule has 1 heterocycles. The van der Waals surface area contributed by atoms with Crippen molar-refractivity contribution in [2.45, 2.75) is 6.92 Å². The Kier molecular flexibility index (Phi) is 4.31. The summed E-state index contributed by atoms with van der Waals surface area (Å²) in [4.78, 5) is 4.51. The van der Waals surface area contributed by atoms with Gasteiger partial charge in [0.05, 0.1) is 11.3 Å². The molecule has 0 aliphatic rings. The monoisotopic (exact) mass is 320 g/mol. The zero-order chi connectivity index (χ0) is 16.2. The molecule has 3 aromatic rings. The van der Waals surface area contributed by atoms with Crippen molar-refractivity contribution < 1.29 is 4.39 Å². The number of benzene rings is 2. The van der Waals surface area contributed by atoms with Gasteiger partial charge in [0.15, 0.2) is 0 Å². The predicted octanol–water partition coefficient (Wildman–Crippen LogP) is 5.32. The lowest BCUT2D eigenvalue weighted by molar-refractivity contribution is 0.628. The van der Waals surface area contributed by atoms with Crippen LogP contribution in [0.25, 0.3) is 22.9 Å². The Balaban J connectivity index is 1.96. The van der Waals surface area contributed by atoms with Crippen LogP contribution < -0.4 is 0 Å². The second kappa shape index (κ2) is 6.55. The molecule has 0 fully saturated rings. The van der Waals surface area contributed by atoms with Gasteiger partial charge >= 0.3 is 0 Å². The van der Waals surface area contributed by atoms with Gasteiger partial charge in [-0.05, 0) is 48.4 Å². The summed E-state index contributed by atoms with van der Waals surface area (Å²) in [6, 6.07) is 16.3. The van der Waals surface area contributed by atoms with Crippen LogP contribution in [0, 0.1) is 24.1 Å². The van der Waals surface area contributed by atoms with Gasteiger partial charge in [-0.15, -0.1) is 11.3 Å². The molecule has 23 heavy (non-hydrogen) atoms. The first-order valence-corrected chi connectivity index (χ1v) is 7.94. The lowest BCUT2D eigenvalue weighted by atomic mass is 10.1. The van der Waals surface area contributed by atoms with Gasteiger partial charge < -0.3 is 0 Å². The second-order valence-electron chi connectivity index (χ2n) is 5.07. The molecule has 0 aliphatic carbocycles. The molecule has 0 radical (unpaired) electrons. The first kappa shape index (κ1) is 15.1. The molecule has 0 aliphatic heterocycles. The number of halogens is 1. The van der Waals surface area contributed by atoms with Crippen molar-refractivity contribution in [3.8, 4) is 17.3 Å². The fraction of sp³-hybridized carbons (Fsp3) is 0.0526. The topological polar surface area (TPSA) is 36.7 Å². The Bertz CT molecular complexity index is 902. The van der Waals surface area contributed by atoms with E-state index in [2.05, 4.69) is 11.1 Å². The highest BCUT2D eigenvalue weighted by Crippen LogP contribution is 2.27. The third-order valence-corrected chi connectivity index (χ3v) is 4.36. The normalized spacial score (nSPS) is 11.3. The molecule has 2 aromatic carbocycles. The smallest absolute Gasteiger partial charge is 0.134 e.